The number of nitrogens with one attached hydrogen (secondary N) is 1. The van der Waals surface area contributed by atoms with E-state index in [9.17, 15) is 18.9 Å². The van der Waals surface area contributed by atoms with Gasteiger partial charge >= 0.3 is 0 Å². The van der Waals surface area contributed by atoms with Gasteiger partial charge in [-0.2, -0.15) is 0 Å². The highest BCUT2D eigenvalue weighted by Crippen LogP contribution is 2.24. The first-order chi connectivity index (χ1) is 9.06. The average molecular weight is 276 g/mol. The number of ether oxygens (including phenoxy) is 1. The summed E-state index contributed by atoms with van der Waals surface area (Å²) in [6.45, 7) is 0.708. The summed E-state index contributed by atoms with van der Waals surface area (Å²) in [4.78, 5) is 9.53. The Kier molecular flexibility index (Phi) is 6.10. The number of hydrogen-bond donors (Lipinski definition) is 2. The van der Waals surface area contributed by atoms with E-state index in [0.717, 1.165) is 0 Å². The number of nitro benzene ring substituents is 1. The van der Waals surface area contributed by atoms with Crippen LogP contribution in [0.5, 0.6) is 0 Å². The Morgan fingerprint density at radius 1 is 1.32 bits per heavy atom. The number of halogens is 2. The van der Waals surface area contributed by atoms with E-state index >= 15 is 0 Å². The largest absolute Gasteiger partial charge is 0.394 e. The highest BCUT2D eigenvalue weighted by atomic mass is 19.1. The van der Waals surface area contributed by atoms with Crippen molar-refractivity contribution >= 4 is 11.4 Å². The zero-order chi connectivity index (χ0) is 14.3. The summed E-state index contributed by atoms with van der Waals surface area (Å²) in [5.41, 5.74) is -1.03. The zero-order valence-electron chi connectivity index (χ0n) is 10.1. The molecule has 8 heteroatoms. The van der Waals surface area contributed by atoms with Crippen LogP contribution in [0.25, 0.3) is 0 Å². The molecule has 0 aliphatic carbocycles. The molecule has 0 aromatic heterocycles. The van der Waals surface area contributed by atoms with E-state index in [4.69, 9.17) is 9.84 Å². The maximum absolute atomic E-state index is 13.4. The van der Waals surface area contributed by atoms with Crippen LogP contribution in [0.4, 0.5) is 20.2 Å². The van der Waals surface area contributed by atoms with E-state index in [1.807, 2.05) is 0 Å². The lowest BCUT2D eigenvalue weighted by atomic mass is 10.2. The molecule has 0 amide bonds. The monoisotopic (exact) mass is 276 g/mol. The second-order valence-corrected chi connectivity index (χ2v) is 3.66. The minimum Gasteiger partial charge on any atom is -0.394 e. The third-order valence-corrected chi connectivity index (χ3v) is 2.24. The molecule has 1 rings (SSSR count). The second-order valence-electron chi connectivity index (χ2n) is 3.66. The third-order valence-electron chi connectivity index (χ3n) is 2.24. The minimum absolute atomic E-state index is 0.0843. The van der Waals surface area contributed by atoms with Crippen LogP contribution in [0.1, 0.15) is 6.42 Å². The molecular weight excluding hydrogens is 262 g/mol. The van der Waals surface area contributed by atoms with E-state index in [1.54, 1.807) is 0 Å². The van der Waals surface area contributed by atoms with Crippen LogP contribution >= 0.6 is 0 Å². The first-order valence-corrected chi connectivity index (χ1v) is 5.62. The number of non-ortho nitro benzene ring substituents is 1. The lowest BCUT2D eigenvalue weighted by Gasteiger charge is -2.08. The van der Waals surface area contributed by atoms with Gasteiger partial charge in [-0.15, -0.1) is 0 Å². The van der Waals surface area contributed by atoms with Crippen molar-refractivity contribution in [2.75, 3.05) is 31.7 Å². The van der Waals surface area contributed by atoms with Gasteiger partial charge in [0.05, 0.1) is 30.3 Å². The Morgan fingerprint density at radius 2 is 1.95 bits per heavy atom. The smallest absolute Gasteiger partial charge is 0.275 e. The minimum atomic E-state index is -1.01. The fourth-order valence-corrected chi connectivity index (χ4v) is 1.39. The van der Waals surface area contributed by atoms with Crippen LogP contribution in [-0.4, -0.2) is 36.4 Å². The molecule has 0 bridgehead atoms. The van der Waals surface area contributed by atoms with Crippen molar-refractivity contribution < 1.29 is 23.5 Å². The number of aliphatic hydroxyl groups is 1. The molecule has 1 aromatic carbocycles. The highest BCUT2D eigenvalue weighted by Gasteiger charge is 2.16. The van der Waals surface area contributed by atoms with Gasteiger partial charge in [0.2, 0.25) is 0 Å². The first-order valence-electron chi connectivity index (χ1n) is 5.62. The molecule has 0 aliphatic heterocycles. The zero-order valence-corrected chi connectivity index (χ0v) is 10.1. The van der Waals surface area contributed by atoms with Crippen LogP contribution in [0.2, 0.25) is 0 Å². The normalized spacial score (nSPS) is 10.5. The second kappa shape index (κ2) is 7.59. The number of nitrogens with zero attached hydrogens (tertiary/aromatic N) is 1. The molecule has 6 nitrogen and oxygen atoms in total. The standard InChI is InChI=1S/C11H14F2N2O4/c12-9-6-8(15(17)18)7-10(13)11(9)14-2-1-4-19-5-3-16/h6-7,14,16H,1-5H2. The Morgan fingerprint density at radius 3 is 2.47 bits per heavy atom. The molecule has 1 aromatic rings. The van der Waals surface area contributed by atoms with Crippen LogP contribution in [-0.2, 0) is 4.74 Å². The molecule has 0 fully saturated rings. The van der Waals surface area contributed by atoms with Gasteiger partial charge in [-0.25, -0.2) is 8.78 Å². The summed E-state index contributed by atoms with van der Waals surface area (Å²) in [6, 6.07) is 1.32. The third kappa shape index (κ3) is 4.76. The Bertz CT molecular complexity index is 420. The van der Waals surface area contributed by atoms with Gasteiger partial charge in [0.25, 0.3) is 5.69 Å². The molecule has 0 atom stereocenters. The Hall–Kier alpha value is -1.80. The van der Waals surface area contributed by atoms with E-state index in [1.165, 1.54) is 0 Å². The number of anilines is 1. The molecule has 0 spiro atoms. The lowest BCUT2D eigenvalue weighted by molar-refractivity contribution is -0.385. The van der Waals surface area contributed by atoms with Crippen LogP contribution in [0.15, 0.2) is 12.1 Å². The van der Waals surface area contributed by atoms with Crippen molar-refractivity contribution in [1.29, 1.82) is 0 Å². The fourth-order valence-electron chi connectivity index (χ4n) is 1.39. The molecule has 0 heterocycles. The SMILES string of the molecule is O=[N+]([O-])c1cc(F)c(NCCCOCCO)c(F)c1. The quantitative estimate of drug-likeness (QED) is 0.429. The summed E-state index contributed by atoms with van der Waals surface area (Å²) >= 11 is 0. The molecule has 0 radical (unpaired) electrons. The topological polar surface area (TPSA) is 84.6 Å². The van der Waals surface area contributed by atoms with Crippen molar-refractivity contribution in [1.82, 2.24) is 0 Å². The van der Waals surface area contributed by atoms with Gasteiger partial charge in [0, 0.05) is 13.2 Å². The van der Waals surface area contributed by atoms with E-state index in [0.29, 0.717) is 25.2 Å². The number of benzene rings is 1. The average Bonchev–Trinajstić information content (AvgIpc) is 2.35. The maximum Gasteiger partial charge on any atom is 0.275 e. The maximum atomic E-state index is 13.4. The van der Waals surface area contributed by atoms with Gasteiger partial charge in [-0.05, 0) is 6.42 Å². The molecule has 0 aliphatic rings. The van der Waals surface area contributed by atoms with Crippen LogP contribution in [0, 0.1) is 21.7 Å². The highest BCUT2D eigenvalue weighted by molar-refractivity contribution is 5.51. The molecule has 0 saturated carbocycles. The van der Waals surface area contributed by atoms with Crippen molar-refractivity contribution in [2.24, 2.45) is 0 Å². The molecule has 106 valence electrons. The van der Waals surface area contributed by atoms with Crippen molar-refractivity contribution in [3.8, 4) is 0 Å². The number of hydrogen-bond acceptors (Lipinski definition) is 5. The fraction of sp³-hybridized carbons (Fsp3) is 0.455. The van der Waals surface area contributed by atoms with Crippen molar-refractivity contribution in [3.63, 3.8) is 0 Å². The van der Waals surface area contributed by atoms with Gasteiger partial charge in [0.1, 0.15) is 5.69 Å². The van der Waals surface area contributed by atoms with Gasteiger partial charge in [0.15, 0.2) is 11.6 Å². The van der Waals surface area contributed by atoms with Crippen molar-refractivity contribution in [2.45, 2.75) is 6.42 Å². The Balaban J connectivity index is 2.52. The summed E-state index contributed by atoms with van der Waals surface area (Å²) < 4.78 is 31.8. The summed E-state index contributed by atoms with van der Waals surface area (Å²) in [5, 5.41) is 21.4. The van der Waals surface area contributed by atoms with E-state index < -0.39 is 27.9 Å². The van der Waals surface area contributed by atoms with Gasteiger partial charge < -0.3 is 15.2 Å². The van der Waals surface area contributed by atoms with E-state index in [2.05, 4.69) is 5.32 Å². The lowest BCUT2D eigenvalue weighted by Crippen LogP contribution is -2.10. The van der Waals surface area contributed by atoms with Gasteiger partial charge in [-0.1, -0.05) is 0 Å². The Labute approximate surface area is 108 Å². The number of nitro groups is 1. The molecule has 0 unspecified atom stereocenters. The predicted molar refractivity (Wildman–Crippen MR) is 64.0 cm³/mol. The number of rotatable bonds is 8. The predicted octanol–water partition coefficient (Wildman–Crippen LogP) is 1.68. The van der Waals surface area contributed by atoms with Crippen molar-refractivity contribution in [3.05, 3.63) is 33.9 Å². The summed E-state index contributed by atoms with van der Waals surface area (Å²) in [7, 11) is 0. The molecule has 0 saturated heterocycles. The molecule has 19 heavy (non-hydrogen) atoms. The van der Waals surface area contributed by atoms with Crippen LogP contribution in [0.3, 0.4) is 0 Å². The van der Waals surface area contributed by atoms with E-state index in [-0.39, 0.29) is 19.8 Å². The van der Waals surface area contributed by atoms with Gasteiger partial charge in [-0.3, -0.25) is 10.1 Å². The number of aliphatic hydroxyl groups excluding tert-OH is 1. The molecular formula is C11H14F2N2O4. The summed E-state index contributed by atoms with van der Waals surface area (Å²) in [5.74, 6) is -2.02. The molecule has 2 N–H and O–H groups in total. The van der Waals surface area contributed by atoms with Crippen LogP contribution < -0.4 is 5.32 Å². The summed E-state index contributed by atoms with van der Waals surface area (Å²) in [6.07, 6.45) is 0.482. The first kappa shape index (κ1) is 15.3.